The fourth-order valence-electron chi connectivity index (χ4n) is 9.34. The highest BCUT2D eigenvalue weighted by Crippen LogP contribution is 2.47. The van der Waals surface area contributed by atoms with E-state index in [1.165, 1.54) is 0 Å². The molecule has 3 rings (SSSR count). The zero-order valence-corrected chi connectivity index (χ0v) is 33.6. The van der Waals surface area contributed by atoms with Gasteiger partial charge >= 0.3 is 12.1 Å². The van der Waals surface area contributed by atoms with Crippen LogP contribution in [0.3, 0.4) is 0 Å². The van der Waals surface area contributed by atoms with Crippen molar-refractivity contribution in [3.8, 4) is 0 Å². The Hall–Kier alpha value is -1.44. The van der Waals surface area contributed by atoms with Crippen LogP contribution in [0.1, 0.15) is 101 Å². The smallest absolute Gasteiger partial charge is 0.405 e. The number of ether oxygens (including phenoxy) is 5. The number of ketones is 1. The summed E-state index contributed by atoms with van der Waals surface area (Å²) in [6.45, 7) is 19.7. The lowest BCUT2D eigenvalue weighted by Gasteiger charge is -2.51. The molecule has 0 aromatic rings. The Bertz CT molecular complexity index is 1160. The van der Waals surface area contributed by atoms with Crippen molar-refractivity contribution < 1.29 is 43.2 Å². The Morgan fingerprint density at radius 3 is 2.12 bits per heavy atom. The molecule has 0 aromatic heterocycles. The number of hydrogen-bond acceptors (Lipinski definition) is 11. The summed E-state index contributed by atoms with van der Waals surface area (Å²) in [6.07, 6.45) is -0.609. The van der Waals surface area contributed by atoms with Gasteiger partial charge in [0.25, 0.3) is 0 Å². The monoisotopic (exact) mass is 728 g/mol. The molecule has 0 aliphatic carbocycles. The number of cyclic esters (lactones) is 1. The van der Waals surface area contributed by atoms with Gasteiger partial charge in [-0.05, 0) is 76.7 Å². The molecule has 3 heterocycles. The molecule has 12 heteroatoms. The molecule has 14 atom stereocenters. The highest BCUT2D eigenvalue weighted by atomic mass is 32.2. The average Bonchev–Trinajstić information content (AvgIpc) is 3.08. The van der Waals surface area contributed by atoms with Gasteiger partial charge in [-0.15, -0.1) is 0 Å². The number of Topliss-reactive ketones (excluding diaryl/α,β-unsaturated/α-hetero) is 1. The van der Waals surface area contributed by atoms with Gasteiger partial charge in [-0.1, -0.05) is 41.5 Å². The maximum absolute atomic E-state index is 14.5. The highest BCUT2D eigenvalue weighted by Gasteiger charge is 2.55. The quantitative estimate of drug-likeness (QED) is 0.276. The van der Waals surface area contributed by atoms with Crippen LogP contribution in [0, 0.1) is 41.4 Å². The summed E-state index contributed by atoms with van der Waals surface area (Å²) >= 11 is 1.93. The number of hydrogen-bond donors (Lipinski definition) is 3. The van der Waals surface area contributed by atoms with Crippen LogP contribution < -0.4 is 11.1 Å². The second-order valence-corrected chi connectivity index (χ2v) is 17.4. The minimum atomic E-state index is -1.42. The SMILES string of the molecule is CC[C@H]1OC(=O)[C@H](C)[C@@H](C2C[C@@](C)(OC)[C@@H](O)[C@H](C)O2)[C@H](C)[C@@H](C)[C@](C)(OC)C[C@@H](C)C(=O)[C@H](C)[C@@H](CNC2CCSCC2)[C@]1(C)OC(N)=O. The molecule has 0 spiro atoms. The van der Waals surface area contributed by atoms with Gasteiger partial charge in [-0.2, -0.15) is 11.8 Å². The summed E-state index contributed by atoms with van der Waals surface area (Å²) in [7, 11) is 3.26. The van der Waals surface area contributed by atoms with E-state index in [4.69, 9.17) is 29.4 Å². The van der Waals surface area contributed by atoms with Crippen LogP contribution in [-0.4, -0.2) is 102 Å². The predicted octanol–water partition coefficient (Wildman–Crippen LogP) is 5.38. The van der Waals surface area contributed by atoms with Crippen molar-refractivity contribution in [3.05, 3.63) is 0 Å². The molecule has 0 aromatic carbocycles. The summed E-state index contributed by atoms with van der Waals surface area (Å²) in [5.41, 5.74) is 2.70. The second kappa shape index (κ2) is 17.6. The van der Waals surface area contributed by atoms with Crippen LogP contribution in [0.4, 0.5) is 4.79 Å². The van der Waals surface area contributed by atoms with Crippen molar-refractivity contribution in [2.45, 2.75) is 149 Å². The van der Waals surface area contributed by atoms with Gasteiger partial charge in [0.05, 0.1) is 29.3 Å². The largest absolute Gasteiger partial charge is 0.458 e. The second-order valence-electron chi connectivity index (χ2n) is 16.2. The third-order valence-electron chi connectivity index (χ3n) is 13.2. The van der Waals surface area contributed by atoms with Crippen LogP contribution in [0.2, 0.25) is 0 Å². The van der Waals surface area contributed by atoms with Crippen molar-refractivity contribution in [2.24, 2.45) is 47.2 Å². The zero-order valence-electron chi connectivity index (χ0n) is 32.8. The van der Waals surface area contributed by atoms with E-state index in [0.717, 1.165) is 24.3 Å². The molecule has 1 amide bonds. The van der Waals surface area contributed by atoms with Crippen LogP contribution in [0.5, 0.6) is 0 Å². The number of methoxy groups -OCH3 is 2. The summed E-state index contributed by atoms with van der Waals surface area (Å²) in [5.74, 6) is -1.16. The maximum atomic E-state index is 14.5. The molecule has 290 valence electrons. The number of aliphatic hydroxyl groups excluding tert-OH is 1. The zero-order chi connectivity index (χ0) is 37.8. The Balaban J connectivity index is 2.19. The van der Waals surface area contributed by atoms with Gasteiger partial charge in [-0.25, -0.2) is 4.79 Å². The van der Waals surface area contributed by atoms with Gasteiger partial charge in [0, 0.05) is 56.9 Å². The van der Waals surface area contributed by atoms with Crippen LogP contribution in [-0.2, 0) is 33.3 Å². The maximum Gasteiger partial charge on any atom is 0.405 e. The number of nitrogens with one attached hydrogen (secondary N) is 1. The van der Waals surface area contributed by atoms with E-state index < -0.39 is 77.0 Å². The summed E-state index contributed by atoms with van der Waals surface area (Å²) in [4.78, 5) is 41.7. The van der Waals surface area contributed by atoms with Gasteiger partial charge < -0.3 is 39.8 Å². The molecule has 0 bridgehead atoms. The van der Waals surface area contributed by atoms with Crippen molar-refractivity contribution in [3.63, 3.8) is 0 Å². The van der Waals surface area contributed by atoms with Gasteiger partial charge in [-0.3, -0.25) is 9.59 Å². The fraction of sp³-hybridized carbons (Fsp3) is 0.921. The normalized spacial score (nSPS) is 44.6. The highest BCUT2D eigenvalue weighted by molar-refractivity contribution is 7.99. The van der Waals surface area contributed by atoms with E-state index in [0.29, 0.717) is 25.8 Å². The average molecular weight is 729 g/mol. The lowest BCUT2D eigenvalue weighted by atomic mass is 9.64. The van der Waals surface area contributed by atoms with Gasteiger partial charge in [0.15, 0.2) is 5.60 Å². The third kappa shape index (κ3) is 9.19. The first-order chi connectivity index (χ1) is 23.3. The molecule has 0 radical (unpaired) electrons. The molecular weight excluding hydrogens is 660 g/mol. The van der Waals surface area contributed by atoms with Crippen molar-refractivity contribution in [2.75, 3.05) is 32.3 Å². The Morgan fingerprint density at radius 2 is 1.58 bits per heavy atom. The number of esters is 1. The number of rotatable bonds is 8. The van der Waals surface area contributed by atoms with Crippen LogP contribution >= 0.6 is 11.8 Å². The standard InChI is InChI=1S/C38H68N2O9S/c1-13-30-38(10,49-35(39)44)28(20-40-27-14-16-50-17-15-27)23(4)32(41)21(2)18-36(8,45-11)25(6)22(3)31(24(5)34(43)48-30)29-19-37(9,46-12)33(42)26(7)47-29/h21-31,33,40,42H,13-20H2,1-12H3,(H2,39,44)/t21-,22-,23-,24-,25-,26+,28-,29?,30-,31+,33+,36-,37-,38+/m1/s1. The molecule has 3 aliphatic rings. The first-order valence-electron chi connectivity index (χ1n) is 18.8. The Morgan fingerprint density at radius 1 is 0.980 bits per heavy atom. The molecule has 0 saturated carbocycles. The number of carbonyl (C=O) groups excluding carboxylic acids is 3. The molecule has 3 fully saturated rings. The Labute approximate surface area is 305 Å². The van der Waals surface area contributed by atoms with Crippen molar-refractivity contribution in [1.29, 1.82) is 0 Å². The molecule has 50 heavy (non-hydrogen) atoms. The number of primary amides is 1. The summed E-state index contributed by atoms with van der Waals surface area (Å²) in [5, 5.41) is 14.7. The molecule has 11 nitrogen and oxygen atoms in total. The number of nitrogens with two attached hydrogens (primary N) is 1. The fourth-order valence-corrected chi connectivity index (χ4v) is 10.4. The van der Waals surface area contributed by atoms with Gasteiger partial charge in [0.2, 0.25) is 0 Å². The first-order valence-corrected chi connectivity index (χ1v) is 19.9. The predicted molar refractivity (Wildman–Crippen MR) is 196 cm³/mol. The van der Waals surface area contributed by atoms with Crippen LogP contribution in [0.15, 0.2) is 0 Å². The van der Waals surface area contributed by atoms with Crippen LogP contribution in [0.25, 0.3) is 0 Å². The Kier molecular flexibility index (Phi) is 15.1. The summed E-state index contributed by atoms with van der Waals surface area (Å²) < 4.78 is 31.1. The lowest BCUT2D eigenvalue weighted by molar-refractivity contribution is -0.236. The molecule has 3 saturated heterocycles. The molecule has 3 aliphatic heterocycles. The summed E-state index contributed by atoms with van der Waals surface area (Å²) in [6, 6.07) is 0.263. The van der Waals surface area contributed by atoms with Crippen molar-refractivity contribution >= 4 is 29.6 Å². The van der Waals surface area contributed by atoms with Gasteiger partial charge in [0.1, 0.15) is 18.0 Å². The minimum absolute atomic E-state index is 0.0240. The third-order valence-corrected chi connectivity index (χ3v) is 14.2. The van der Waals surface area contributed by atoms with E-state index >= 15 is 0 Å². The minimum Gasteiger partial charge on any atom is -0.458 e. The molecular formula is C38H68N2O9S. The number of carbonyl (C=O) groups is 3. The van der Waals surface area contributed by atoms with Crippen molar-refractivity contribution in [1.82, 2.24) is 5.32 Å². The van der Waals surface area contributed by atoms with E-state index in [2.05, 4.69) is 19.2 Å². The number of thioether (sulfide) groups is 1. The van der Waals surface area contributed by atoms with E-state index in [1.54, 1.807) is 21.1 Å². The number of amides is 1. The van der Waals surface area contributed by atoms with E-state index in [9.17, 15) is 19.5 Å². The topological polar surface area (TPSA) is 156 Å². The van der Waals surface area contributed by atoms with E-state index in [1.807, 2.05) is 60.2 Å². The first kappa shape index (κ1) is 43.0. The van der Waals surface area contributed by atoms with E-state index in [-0.39, 0.29) is 29.6 Å². The molecule has 1 unspecified atom stereocenters. The number of aliphatic hydroxyl groups is 1. The molecule has 4 N–H and O–H groups in total. The lowest BCUT2D eigenvalue weighted by Crippen LogP contribution is -2.60.